The average molecular weight is 174 g/mol. The number of carbonyl (C=O) groups excluding carboxylic acids is 1. The molecule has 0 aromatic rings. The molecule has 1 aliphatic rings. The summed E-state index contributed by atoms with van der Waals surface area (Å²) >= 11 is 4.13. The van der Waals surface area contributed by atoms with Gasteiger partial charge in [0.1, 0.15) is 5.60 Å². The van der Waals surface area contributed by atoms with Crippen molar-refractivity contribution in [3.63, 3.8) is 0 Å². The van der Waals surface area contributed by atoms with Crippen LogP contribution in [0, 0.1) is 0 Å². The molecule has 1 fully saturated rings. The van der Waals surface area contributed by atoms with Crippen molar-refractivity contribution in [1.82, 2.24) is 0 Å². The van der Waals surface area contributed by atoms with E-state index in [0.717, 1.165) is 19.3 Å². The van der Waals surface area contributed by atoms with Gasteiger partial charge in [0.15, 0.2) is 0 Å². The molecule has 2 nitrogen and oxygen atoms in total. The number of rotatable bonds is 4. The molecule has 3 heteroatoms. The van der Waals surface area contributed by atoms with Gasteiger partial charge in [-0.3, -0.25) is 4.79 Å². The van der Waals surface area contributed by atoms with Crippen LogP contribution in [0.1, 0.15) is 32.6 Å². The smallest absolute Gasteiger partial charge is 0.306 e. The molecule has 64 valence electrons. The van der Waals surface area contributed by atoms with Crippen molar-refractivity contribution in [2.75, 3.05) is 5.75 Å². The average Bonchev–Trinajstić information content (AvgIpc) is 2.70. The van der Waals surface area contributed by atoms with Gasteiger partial charge in [0.2, 0.25) is 0 Å². The zero-order valence-electron chi connectivity index (χ0n) is 6.80. The second-order valence-corrected chi connectivity index (χ2v) is 3.38. The lowest BCUT2D eigenvalue weighted by Crippen LogP contribution is -2.20. The first-order valence-electron chi connectivity index (χ1n) is 4.05. The summed E-state index contributed by atoms with van der Waals surface area (Å²) in [4.78, 5) is 11.0. The lowest BCUT2D eigenvalue weighted by Gasteiger charge is -2.12. The first-order chi connectivity index (χ1) is 5.22. The van der Waals surface area contributed by atoms with Crippen LogP contribution < -0.4 is 0 Å². The van der Waals surface area contributed by atoms with Crippen LogP contribution in [0.25, 0.3) is 0 Å². The Bertz CT molecular complexity index is 152. The molecule has 0 atom stereocenters. The van der Waals surface area contributed by atoms with E-state index in [1.807, 2.05) is 6.92 Å². The summed E-state index contributed by atoms with van der Waals surface area (Å²) < 4.78 is 5.22. The summed E-state index contributed by atoms with van der Waals surface area (Å²) in [5, 5.41) is 0. The van der Waals surface area contributed by atoms with Crippen molar-refractivity contribution in [3.8, 4) is 0 Å². The van der Waals surface area contributed by atoms with Crippen LogP contribution in [0.15, 0.2) is 0 Å². The van der Waals surface area contributed by atoms with Crippen molar-refractivity contribution in [3.05, 3.63) is 0 Å². The minimum absolute atomic E-state index is 0.0703. The Kier molecular flexibility index (Phi) is 2.82. The van der Waals surface area contributed by atoms with Crippen LogP contribution in [0.5, 0.6) is 0 Å². The maximum Gasteiger partial charge on any atom is 0.306 e. The highest BCUT2D eigenvalue weighted by Crippen LogP contribution is 2.40. The molecular formula is C8H14O2S. The van der Waals surface area contributed by atoms with Crippen LogP contribution in [0.4, 0.5) is 0 Å². The summed E-state index contributed by atoms with van der Waals surface area (Å²) in [7, 11) is 0. The molecule has 0 spiro atoms. The van der Waals surface area contributed by atoms with Crippen molar-refractivity contribution >= 4 is 18.6 Å². The van der Waals surface area contributed by atoms with Gasteiger partial charge in [-0.2, -0.15) is 12.6 Å². The standard InChI is InChI=1S/C8H14O2S/c1-2-3-7(9)10-8(6-11)4-5-8/h11H,2-6H2,1H3. The van der Waals surface area contributed by atoms with Crippen LogP contribution >= 0.6 is 12.6 Å². The Morgan fingerprint density at radius 1 is 1.64 bits per heavy atom. The van der Waals surface area contributed by atoms with E-state index in [4.69, 9.17) is 4.74 Å². The second-order valence-electron chi connectivity index (χ2n) is 3.07. The van der Waals surface area contributed by atoms with E-state index in [-0.39, 0.29) is 11.6 Å². The first-order valence-corrected chi connectivity index (χ1v) is 4.68. The highest BCUT2D eigenvalue weighted by atomic mass is 32.1. The van der Waals surface area contributed by atoms with Gasteiger partial charge in [-0.1, -0.05) is 6.92 Å². The largest absolute Gasteiger partial charge is 0.458 e. The molecule has 0 amide bonds. The monoisotopic (exact) mass is 174 g/mol. The molecule has 0 aromatic carbocycles. The van der Waals surface area contributed by atoms with Crippen molar-refractivity contribution < 1.29 is 9.53 Å². The van der Waals surface area contributed by atoms with Gasteiger partial charge in [0.05, 0.1) is 0 Å². The molecule has 0 aromatic heterocycles. The van der Waals surface area contributed by atoms with E-state index < -0.39 is 0 Å². The van der Waals surface area contributed by atoms with Gasteiger partial charge in [0, 0.05) is 12.2 Å². The fourth-order valence-electron chi connectivity index (χ4n) is 0.929. The van der Waals surface area contributed by atoms with Gasteiger partial charge >= 0.3 is 5.97 Å². The van der Waals surface area contributed by atoms with Gasteiger partial charge in [0.25, 0.3) is 0 Å². The predicted octanol–water partition coefficient (Wildman–Crippen LogP) is 1.79. The molecule has 1 aliphatic carbocycles. The molecule has 0 radical (unpaired) electrons. The van der Waals surface area contributed by atoms with Crippen LogP contribution in [-0.4, -0.2) is 17.3 Å². The summed E-state index contributed by atoms with van der Waals surface area (Å²) in [5.74, 6) is 0.599. The molecular weight excluding hydrogens is 160 g/mol. The van der Waals surface area contributed by atoms with Crippen LogP contribution in [-0.2, 0) is 9.53 Å². The zero-order valence-corrected chi connectivity index (χ0v) is 7.69. The fourth-order valence-corrected chi connectivity index (χ4v) is 1.31. The number of hydrogen-bond donors (Lipinski definition) is 1. The maximum absolute atomic E-state index is 11.0. The molecule has 1 saturated carbocycles. The van der Waals surface area contributed by atoms with Gasteiger partial charge in [-0.15, -0.1) is 0 Å². The number of carbonyl (C=O) groups is 1. The van der Waals surface area contributed by atoms with E-state index in [1.165, 1.54) is 0 Å². The van der Waals surface area contributed by atoms with E-state index >= 15 is 0 Å². The third-order valence-electron chi connectivity index (χ3n) is 1.88. The molecule has 0 unspecified atom stereocenters. The Morgan fingerprint density at radius 2 is 2.27 bits per heavy atom. The maximum atomic E-state index is 11.0. The van der Waals surface area contributed by atoms with Crippen molar-refractivity contribution in [2.24, 2.45) is 0 Å². The van der Waals surface area contributed by atoms with Crippen LogP contribution in [0.2, 0.25) is 0 Å². The SMILES string of the molecule is CCCC(=O)OC1(CS)CC1. The fraction of sp³-hybridized carbons (Fsp3) is 0.875. The normalized spacial score (nSPS) is 19.5. The van der Waals surface area contributed by atoms with E-state index in [9.17, 15) is 4.79 Å². The summed E-state index contributed by atoms with van der Waals surface area (Å²) in [6.45, 7) is 1.97. The highest BCUT2D eigenvalue weighted by molar-refractivity contribution is 7.80. The Hall–Kier alpha value is -0.180. The summed E-state index contributed by atoms with van der Waals surface area (Å²) in [6.07, 6.45) is 3.38. The van der Waals surface area contributed by atoms with Gasteiger partial charge in [-0.25, -0.2) is 0 Å². The minimum atomic E-state index is -0.171. The third kappa shape index (κ3) is 2.40. The summed E-state index contributed by atoms with van der Waals surface area (Å²) in [6, 6.07) is 0. The minimum Gasteiger partial charge on any atom is -0.458 e. The highest BCUT2D eigenvalue weighted by Gasteiger charge is 2.45. The first kappa shape index (κ1) is 8.91. The summed E-state index contributed by atoms with van der Waals surface area (Å²) in [5.41, 5.74) is -0.171. The molecule has 11 heavy (non-hydrogen) atoms. The lowest BCUT2D eigenvalue weighted by atomic mass is 10.3. The molecule has 0 saturated heterocycles. The molecule has 1 rings (SSSR count). The molecule has 0 N–H and O–H groups in total. The van der Waals surface area contributed by atoms with E-state index in [2.05, 4.69) is 12.6 Å². The topological polar surface area (TPSA) is 26.3 Å². The van der Waals surface area contributed by atoms with Gasteiger partial charge in [-0.05, 0) is 19.3 Å². The number of esters is 1. The third-order valence-corrected chi connectivity index (χ3v) is 2.46. The van der Waals surface area contributed by atoms with Crippen LogP contribution in [0.3, 0.4) is 0 Å². The zero-order chi connectivity index (χ0) is 8.32. The molecule has 0 aliphatic heterocycles. The number of ether oxygens (including phenoxy) is 1. The Labute approximate surface area is 72.7 Å². The molecule has 0 heterocycles. The molecule has 0 bridgehead atoms. The number of hydrogen-bond acceptors (Lipinski definition) is 3. The second kappa shape index (κ2) is 3.48. The van der Waals surface area contributed by atoms with Crippen molar-refractivity contribution in [2.45, 2.75) is 38.2 Å². The quantitative estimate of drug-likeness (QED) is 0.519. The lowest BCUT2D eigenvalue weighted by molar-refractivity contribution is -0.149. The predicted molar refractivity (Wildman–Crippen MR) is 46.8 cm³/mol. The van der Waals surface area contributed by atoms with Gasteiger partial charge < -0.3 is 4.74 Å². The van der Waals surface area contributed by atoms with Crippen molar-refractivity contribution in [1.29, 1.82) is 0 Å². The Morgan fingerprint density at radius 3 is 2.64 bits per heavy atom. The van der Waals surface area contributed by atoms with E-state index in [1.54, 1.807) is 0 Å². The number of thiol groups is 1. The van der Waals surface area contributed by atoms with E-state index in [0.29, 0.717) is 12.2 Å². The Balaban J connectivity index is 2.24.